The van der Waals surface area contributed by atoms with Gasteiger partial charge in [0, 0.05) is 18.1 Å². The van der Waals surface area contributed by atoms with Crippen molar-refractivity contribution in [3.8, 4) is 0 Å². The Labute approximate surface area is 303 Å². The number of fused-ring (bicyclic) bond motifs is 2. The van der Waals surface area contributed by atoms with Gasteiger partial charge in [-0.1, -0.05) is 64.6 Å². The maximum atomic E-state index is 14.3. The summed E-state index contributed by atoms with van der Waals surface area (Å²) in [5.41, 5.74) is 0.520. The first-order valence-electron chi connectivity index (χ1n) is 16.6. The number of hydrogen-bond donors (Lipinski definition) is 0. The number of carbonyl (C=O) groups is 2. The number of nitrogens with zero attached hydrogens (tertiary/aromatic N) is 8. The third-order valence-corrected chi connectivity index (χ3v) is 12.4. The van der Waals surface area contributed by atoms with E-state index in [-0.39, 0.29) is 34.7 Å². The van der Waals surface area contributed by atoms with E-state index in [1.54, 1.807) is 39.3 Å². The van der Waals surface area contributed by atoms with Crippen LogP contribution in [0.25, 0.3) is 9.66 Å². The predicted molar refractivity (Wildman–Crippen MR) is 187 cm³/mol. The van der Waals surface area contributed by atoms with Crippen molar-refractivity contribution in [3.05, 3.63) is 104 Å². The first-order valence-corrected chi connectivity index (χ1v) is 18.6. The van der Waals surface area contributed by atoms with Crippen LogP contribution in [0.5, 0.6) is 0 Å². The number of benzene rings is 2. The first-order chi connectivity index (χ1) is 24.5. The van der Waals surface area contributed by atoms with Crippen molar-refractivity contribution >= 4 is 55.7 Å². The minimum absolute atomic E-state index is 0.0212. The van der Waals surface area contributed by atoms with Crippen molar-refractivity contribution in [1.82, 2.24) is 39.0 Å². The molecule has 6 heterocycles. The topological polar surface area (TPSA) is 101 Å². The molecule has 4 atom stereocenters. The van der Waals surface area contributed by atoms with Crippen LogP contribution in [0.2, 0.25) is 5.02 Å². The van der Waals surface area contributed by atoms with Crippen molar-refractivity contribution < 1.29 is 22.8 Å². The summed E-state index contributed by atoms with van der Waals surface area (Å²) in [7, 11) is 0. The first kappa shape index (κ1) is 33.8. The van der Waals surface area contributed by atoms with E-state index in [0.29, 0.717) is 64.4 Å². The van der Waals surface area contributed by atoms with E-state index in [1.807, 2.05) is 36.1 Å². The molecule has 0 bridgehead atoms. The van der Waals surface area contributed by atoms with Crippen LogP contribution in [0, 0.1) is 25.7 Å². The molecular weight excluding hydrogens is 721 g/mol. The summed E-state index contributed by atoms with van der Waals surface area (Å²) in [4.78, 5) is 41.9. The van der Waals surface area contributed by atoms with Crippen LogP contribution >= 0.6 is 34.3 Å². The summed E-state index contributed by atoms with van der Waals surface area (Å²) in [5.74, 6) is 0.844. The Morgan fingerprint density at radius 1 is 0.804 bits per heavy atom. The molecule has 264 valence electrons. The molecule has 0 spiro atoms. The monoisotopic (exact) mass is 752 g/mol. The number of amides is 2. The van der Waals surface area contributed by atoms with Gasteiger partial charge in [0.25, 0.3) is 11.8 Å². The van der Waals surface area contributed by atoms with Crippen molar-refractivity contribution in [2.45, 2.75) is 57.8 Å². The van der Waals surface area contributed by atoms with Crippen LogP contribution in [0.15, 0.2) is 60.9 Å². The fraction of sp³-hybridized carbons (Fsp3) is 0.371. The zero-order chi connectivity index (χ0) is 35.6. The standard InChI is InChI=1S/C35H32ClF3N8O2S2/c1-19-40-16-29-46(19)42-31(50-29)33(48)44-13-12-21(15-28(44)22-6-5-7-24(14-22)35(37,38)39)23-10-11-27(25-8-3-4-9-26(25)36)45(18-23)34(49)32-43-47-20(2)41-17-30(47)51-32/h3-9,14,16-17,21,23,27-28H,10-13,15,18H2,1-2H3. The van der Waals surface area contributed by atoms with E-state index >= 15 is 0 Å². The van der Waals surface area contributed by atoms with E-state index in [4.69, 9.17) is 11.6 Å². The highest BCUT2D eigenvalue weighted by molar-refractivity contribution is 7.19. The molecule has 0 saturated carbocycles. The second-order valence-corrected chi connectivity index (χ2v) is 15.6. The average Bonchev–Trinajstić information content (AvgIpc) is 3.91. The average molecular weight is 753 g/mol. The van der Waals surface area contributed by atoms with Gasteiger partial charge < -0.3 is 9.80 Å². The normalized spacial score (nSPS) is 21.5. The lowest BCUT2D eigenvalue weighted by Gasteiger charge is -2.46. The second-order valence-electron chi connectivity index (χ2n) is 13.2. The van der Waals surface area contributed by atoms with Gasteiger partial charge >= 0.3 is 6.18 Å². The van der Waals surface area contributed by atoms with Crippen molar-refractivity contribution in [1.29, 1.82) is 0 Å². The molecule has 2 saturated heterocycles. The third kappa shape index (κ3) is 6.18. The molecule has 0 aliphatic carbocycles. The Balaban J connectivity index is 1.11. The van der Waals surface area contributed by atoms with Crippen LogP contribution < -0.4 is 0 Å². The van der Waals surface area contributed by atoms with Gasteiger partial charge in [0.1, 0.15) is 21.3 Å². The van der Waals surface area contributed by atoms with E-state index in [0.717, 1.165) is 28.9 Å². The maximum absolute atomic E-state index is 14.3. The Morgan fingerprint density at radius 3 is 2.08 bits per heavy atom. The molecule has 2 aromatic carbocycles. The zero-order valence-electron chi connectivity index (χ0n) is 27.5. The number of rotatable bonds is 5. The molecule has 6 aromatic rings. The largest absolute Gasteiger partial charge is 0.416 e. The number of piperidine rings is 2. The highest BCUT2D eigenvalue weighted by atomic mass is 35.5. The number of imidazole rings is 2. The summed E-state index contributed by atoms with van der Waals surface area (Å²) in [5, 5.41) is 10.3. The lowest BCUT2D eigenvalue weighted by molar-refractivity contribution is -0.137. The smallest absolute Gasteiger partial charge is 0.329 e. The van der Waals surface area contributed by atoms with E-state index < -0.39 is 17.8 Å². The van der Waals surface area contributed by atoms with Crippen molar-refractivity contribution in [2.75, 3.05) is 13.1 Å². The van der Waals surface area contributed by atoms with Gasteiger partial charge in [-0.15, -0.1) is 10.2 Å². The molecular formula is C35H32ClF3N8O2S2. The van der Waals surface area contributed by atoms with Gasteiger partial charge in [-0.25, -0.2) is 19.0 Å². The number of aryl methyl sites for hydroxylation is 2. The Morgan fingerprint density at radius 2 is 1.45 bits per heavy atom. The van der Waals surface area contributed by atoms with Crippen LogP contribution in [-0.2, 0) is 6.18 Å². The molecule has 10 nitrogen and oxygen atoms in total. The summed E-state index contributed by atoms with van der Waals surface area (Å²) in [6.07, 6.45) is 1.31. The molecule has 0 radical (unpaired) electrons. The molecule has 0 N–H and O–H groups in total. The van der Waals surface area contributed by atoms with Gasteiger partial charge in [0.2, 0.25) is 10.0 Å². The summed E-state index contributed by atoms with van der Waals surface area (Å²) < 4.78 is 45.0. The Hall–Kier alpha value is -4.34. The Bertz CT molecular complexity index is 2280. The summed E-state index contributed by atoms with van der Waals surface area (Å²) in [6.45, 7) is 4.37. The van der Waals surface area contributed by atoms with E-state index in [9.17, 15) is 22.8 Å². The number of hydrogen-bond acceptors (Lipinski definition) is 8. The van der Waals surface area contributed by atoms with Crippen molar-refractivity contribution in [3.63, 3.8) is 0 Å². The molecule has 2 amide bonds. The highest BCUT2D eigenvalue weighted by Crippen LogP contribution is 2.46. The van der Waals surface area contributed by atoms with Gasteiger partial charge in [0.15, 0.2) is 0 Å². The van der Waals surface area contributed by atoms with Crippen LogP contribution in [0.3, 0.4) is 0 Å². The van der Waals surface area contributed by atoms with Crippen molar-refractivity contribution in [2.24, 2.45) is 11.8 Å². The van der Waals surface area contributed by atoms with Crippen LogP contribution in [0.4, 0.5) is 13.2 Å². The molecule has 4 unspecified atom stereocenters. The Kier molecular flexibility index (Phi) is 8.62. The molecule has 4 aromatic heterocycles. The van der Waals surface area contributed by atoms with Gasteiger partial charge in [0.05, 0.1) is 30.0 Å². The third-order valence-electron chi connectivity index (χ3n) is 10.2. The summed E-state index contributed by atoms with van der Waals surface area (Å²) in [6, 6.07) is 11.9. The zero-order valence-corrected chi connectivity index (χ0v) is 29.9. The van der Waals surface area contributed by atoms with E-state index in [2.05, 4.69) is 20.2 Å². The fourth-order valence-electron chi connectivity index (χ4n) is 7.64. The van der Waals surface area contributed by atoms with Crippen LogP contribution in [0.1, 0.15) is 85.7 Å². The molecule has 2 aliphatic heterocycles. The number of aromatic nitrogens is 6. The lowest BCUT2D eigenvalue weighted by atomic mass is 9.74. The van der Waals surface area contributed by atoms with Crippen LogP contribution in [-0.4, -0.2) is 63.9 Å². The van der Waals surface area contributed by atoms with Gasteiger partial charge in [-0.05, 0) is 80.7 Å². The predicted octanol–water partition coefficient (Wildman–Crippen LogP) is 8.07. The number of halogens is 4. The maximum Gasteiger partial charge on any atom is 0.416 e. The quantitative estimate of drug-likeness (QED) is 0.177. The minimum atomic E-state index is -4.53. The minimum Gasteiger partial charge on any atom is -0.329 e. The molecule has 2 fully saturated rings. The summed E-state index contributed by atoms with van der Waals surface area (Å²) >= 11 is 9.18. The lowest BCUT2D eigenvalue weighted by Crippen LogP contribution is -2.48. The fourth-order valence-corrected chi connectivity index (χ4v) is 9.68. The number of alkyl halides is 3. The SMILES string of the molecule is Cc1ncc2sc(C(=O)N3CCC(C4CCC(c5ccccc5Cl)N(C(=O)c5nn6c(C)ncc6s5)C4)CC3c3cccc(C(F)(F)F)c3)nn12. The number of carbonyl (C=O) groups excluding carboxylic acids is 2. The second kappa shape index (κ2) is 13.0. The molecule has 51 heavy (non-hydrogen) atoms. The van der Waals surface area contributed by atoms with Gasteiger partial charge in [-0.3, -0.25) is 9.59 Å². The highest BCUT2D eigenvalue weighted by Gasteiger charge is 2.43. The number of likely N-dealkylation sites (tertiary alicyclic amines) is 2. The molecule has 16 heteroatoms. The van der Waals surface area contributed by atoms with E-state index in [1.165, 1.54) is 28.7 Å². The molecule has 2 aliphatic rings. The molecule has 8 rings (SSSR count). The van der Waals surface area contributed by atoms with Gasteiger partial charge in [-0.2, -0.15) is 13.2 Å².